The van der Waals surface area contributed by atoms with Gasteiger partial charge in [0.15, 0.2) is 0 Å². The third kappa shape index (κ3) is 4.05. The van der Waals surface area contributed by atoms with Crippen LogP contribution in [0.4, 0.5) is 0 Å². The molecule has 0 unspecified atom stereocenters. The van der Waals surface area contributed by atoms with E-state index in [1.165, 1.54) is 26.2 Å². The topological polar surface area (TPSA) is 24.3 Å². The average molecular weight is 377 g/mol. The summed E-state index contributed by atoms with van der Waals surface area (Å²) in [6.45, 7) is 6.82. The van der Waals surface area contributed by atoms with E-state index in [4.69, 9.17) is 0 Å². The first-order valence-corrected chi connectivity index (χ1v) is 5.14. The fourth-order valence-corrected chi connectivity index (χ4v) is 1.70. The predicted octanol–water partition coefficient (Wildman–Crippen LogP) is -0.0718. The second-order valence-corrected chi connectivity index (χ2v) is 3.85. The minimum absolute atomic E-state index is 0. The molecule has 15 heavy (non-hydrogen) atoms. The molecule has 2 rings (SSSR count). The van der Waals surface area contributed by atoms with Crippen LogP contribution in [0, 0.1) is 6.07 Å². The Morgan fingerprint density at radius 2 is 1.93 bits per heavy atom. The van der Waals surface area contributed by atoms with Crippen LogP contribution in [0.3, 0.4) is 0 Å². The number of likely N-dealkylation sites (N-methyl/N-ethyl adjacent to an activating group) is 1. The van der Waals surface area contributed by atoms with Crippen LogP contribution in [0.15, 0.2) is 12.4 Å². The van der Waals surface area contributed by atoms with Gasteiger partial charge in [0.2, 0.25) is 0 Å². The van der Waals surface area contributed by atoms with Gasteiger partial charge in [-0.2, -0.15) is 6.20 Å². The van der Waals surface area contributed by atoms with Gasteiger partial charge in [0.05, 0.1) is 6.54 Å². The fourth-order valence-electron chi connectivity index (χ4n) is 1.70. The van der Waals surface area contributed by atoms with Crippen molar-refractivity contribution < 1.29 is 21.1 Å². The van der Waals surface area contributed by atoms with E-state index in [9.17, 15) is 0 Å². The molecule has 1 saturated heterocycles. The summed E-state index contributed by atoms with van der Waals surface area (Å²) in [5, 5.41) is 4.14. The van der Waals surface area contributed by atoms with Gasteiger partial charge >= 0.3 is 0 Å². The summed E-state index contributed by atoms with van der Waals surface area (Å²) in [7, 11) is 2.18. The molecule has 0 saturated carbocycles. The summed E-state index contributed by atoms with van der Waals surface area (Å²) in [5.41, 5.74) is 0. The van der Waals surface area contributed by atoms with E-state index in [2.05, 4.69) is 28.0 Å². The average Bonchev–Trinajstić information content (AvgIpc) is 2.70. The zero-order valence-corrected chi connectivity index (χ0v) is 12.0. The first kappa shape index (κ1) is 12.9. The second kappa shape index (κ2) is 6.41. The van der Waals surface area contributed by atoms with Crippen molar-refractivity contribution in [3.63, 3.8) is 0 Å². The molecule has 1 aromatic rings. The van der Waals surface area contributed by atoms with Gasteiger partial charge in [0.1, 0.15) is 0 Å². The smallest absolute Gasteiger partial charge is 0.0502 e. The molecule has 0 aliphatic carbocycles. The Morgan fingerprint density at radius 3 is 2.53 bits per heavy atom. The van der Waals surface area contributed by atoms with Gasteiger partial charge in [-0.1, -0.05) is 0 Å². The molecule has 0 bridgehead atoms. The van der Waals surface area contributed by atoms with Crippen LogP contribution in [-0.2, 0) is 27.6 Å². The van der Waals surface area contributed by atoms with Crippen LogP contribution >= 0.6 is 0 Å². The first-order valence-electron chi connectivity index (χ1n) is 5.14. The molecule has 1 fully saturated rings. The predicted molar refractivity (Wildman–Crippen MR) is 55.0 cm³/mol. The molecule has 0 atom stereocenters. The monoisotopic (exact) mass is 377 g/mol. The van der Waals surface area contributed by atoms with Crippen LogP contribution in [0.1, 0.15) is 0 Å². The Labute approximate surface area is 105 Å². The summed E-state index contributed by atoms with van der Waals surface area (Å²) >= 11 is 0. The van der Waals surface area contributed by atoms with Crippen molar-refractivity contribution in [3.8, 4) is 0 Å². The van der Waals surface area contributed by atoms with Crippen LogP contribution < -0.4 is 0 Å². The standard InChI is InChI=1S/C10H17N4.W/c1-12-5-7-13(8-6-12)9-10-14-4-2-3-11-14;/h3-4H,5-10H2,1H3;/q-1;. The summed E-state index contributed by atoms with van der Waals surface area (Å²) < 4.78 is 1.94. The van der Waals surface area contributed by atoms with E-state index in [0.717, 1.165) is 13.1 Å². The number of rotatable bonds is 3. The number of hydrogen-bond donors (Lipinski definition) is 0. The minimum atomic E-state index is 0. The zero-order valence-electron chi connectivity index (χ0n) is 9.09. The molecule has 84 valence electrons. The van der Waals surface area contributed by atoms with Crippen LogP contribution in [0.2, 0.25) is 0 Å². The van der Waals surface area contributed by atoms with Gasteiger partial charge in [-0.15, -0.1) is 6.20 Å². The van der Waals surface area contributed by atoms with Crippen molar-refractivity contribution in [1.29, 1.82) is 0 Å². The van der Waals surface area contributed by atoms with Crippen molar-refractivity contribution in [2.75, 3.05) is 39.8 Å². The first-order chi connectivity index (χ1) is 6.84. The molecule has 0 spiro atoms. The summed E-state index contributed by atoms with van der Waals surface area (Å²) in [5.74, 6) is 0. The van der Waals surface area contributed by atoms with Gasteiger partial charge in [-0.05, 0) is 7.05 Å². The Morgan fingerprint density at radius 1 is 1.20 bits per heavy atom. The van der Waals surface area contributed by atoms with Crippen LogP contribution in [0.25, 0.3) is 0 Å². The second-order valence-electron chi connectivity index (χ2n) is 3.85. The third-order valence-electron chi connectivity index (χ3n) is 2.75. The van der Waals surface area contributed by atoms with E-state index < -0.39 is 0 Å². The SMILES string of the molecule is CN1CCN(CCn2c[c-]cn2)CC1.[W]. The van der Waals surface area contributed by atoms with Gasteiger partial charge in [-0.3, -0.25) is 4.90 Å². The summed E-state index contributed by atoms with van der Waals surface area (Å²) in [4.78, 5) is 4.86. The van der Waals surface area contributed by atoms with Gasteiger partial charge in [-0.25, -0.2) is 5.10 Å². The number of piperazine rings is 1. The van der Waals surface area contributed by atoms with E-state index >= 15 is 0 Å². The van der Waals surface area contributed by atoms with Crippen LogP contribution in [0.5, 0.6) is 0 Å². The maximum absolute atomic E-state index is 4.14. The molecule has 1 aliphatic rings. The zero-order chi connectivity index (χ0) is 9.80. The summed E-state index contributed by atoms with van der Waals surface area (Å²) in [6.07, 6.45) is 3.61. The van der Waals surface area contributed by atoms with Crippen molar-refractivity contribution in [1.82, 2.24) is 19.6 Å². The van der Waals surface area contributed by atoms with E-state index in [1.54, 1.807) is 6.20 Å². The van der Waals surface area contributed by atoms with Gasteiger partial charge in [0, 0.05) is 53.8 Å². The molecule has 0 N–H and O–H groups in total. The van der Waals surface area contributed by atoms with E-state index in [0.29, 0.717) is 0 Å². The van der Waals surface area contributed by atoms with Crippen molar-refractivity contribution >= 4 is 0 Å². The van der Waals surface area contributed by atoms with E-state index in [-0.39, 0.29) is 21.1 Å². The Balaban J connectivity index is 0.00000112. The fraction of sp³-hybridized carbons (Fsp3) is 0.700. The van der Waals surface area contributed by atoms with Crippen molar-refractivity contribution in [3.05, 3.63) is 18.5 Å². The molecule has 0 aromatic carbocycles. The van der Waals surface area contributed by atoms with Crippen LogP contribution in [-0.4, -0.2) is 59.4 Å². The van der Waals surface area contributed by atoms with E-state index in [1.807, 2.05) is 10.9 Å². The minimum Gasteiger partial charge on any atom is -0.432 e. The quantitative estimate of drug-likeness (QED) is 0.690. The molecule has 5 heteroatoms. The molecule has 1 aromatic heterocycles. The molecule has 0 amide bonds. The number of nitrogens with zero attached hydrogens (tertiary/aromatic N) is 4. The molecule has 0 radical (unpaired) electrons. The summed E-state index contributed by atoms with van der Waals surface area (Å²) in [6, 6.07) is 2.95. The largest absolute Gasteiger partial charge is 0.432 e. The Kier molecular flexibility index (Phi) is 5.51. The number of hydrogen-bond acceptors (Lipinski definition) is 3. The van der Waals surface area contributed by atoms with Gasteiger partial charge in [0.25, 0.3) is 0 Å². The third-order valence-corrected chi connectivity index (χ3v) is 2.75. The van der Waals surface area contributed by atoms with Gasteiger partial charge < -0.3 is 15.6 Å². The molecule has 2 heterocycles. The Hall–Kier alpha value is -0.182. The Bertz CT molecular complexity index is 254. The van der Waals surface area contributed by atoms with Crippen molar-refractivity contribution in [2.45, 2.75) is 6.54 Å². The number of aromatic nitrogens is 2. The molecule has 4 nitrogen and oxygen atoms in total. The maximum Gasteiger partial charge on any atom is 0.0502 e. The normalized spacial score (nSPS) is 18.7. The molecule has 1 aliphatic heterocycles. The molecular formula is C10H17N4W-. The maximum atomic E-state index is 4.14. The van der Waals surface area contributed by atoms with Crippen molar-refractivity contribution in [2.24, 2.45) is 0 Å². The molecular weight excluding hydrogens is 360 g/mol.